The Kier molecular flexibility index (Phi) is 4.84. The number of rotatable bonds is 4. The van der Waals surface area contributed by atoms with Crippen molar-refractivity contribution >= 4 is 21.7 Å². The van der Waals surface area contributed by atoms with E-state index in [9.17, 15) is 4.79 Å². The molecule has 114 valence electrons. The van der Waals surface area contributed by atoms with E-state index in [-0.39, 0.29) is 5.78 Å². The fraction of sp³-hybridized carbons (Fsp3) is 0.588. The first-order valence-corrected chi connectivity index (χ1v) is 8.65. The molecule has 3 nitrogen and oxygen atoms in total. The lowest BCUT2D eigenvalue weighted by Gasteiger charge is -2.22. The van der Waals surface area contributed by atoms with Crippen LogP contribution in [0.4, 0.5) is 0 Å². The van der Waals surface area contributed by atoms with Crippen LogP contribution in [0.3, 0.4) is 0 Å². The maximum absolute atomic E-state index is 12.5. The van der Waals surface area contributed by atoms with E-state index in [1.54, 1.807) is 0 Å². The summed E-state index contributed by atoms with van der Waals surface area (Å²) < 4.78 is 11.9. The van der Waals surface area contributed by atoms with E-state index >= 15 is 0 Å². The van der Waals surface area contributed by atoms with Crippen LogP contribution in [0.2, 0.25) is 0 Å². The second-order valence-electron chi connectivity index (χ2n) is 5.94. The lowest BCUT2D eigenvalue weighted by molar-refractivity contribution is 0.0968. The minimum Gasteiger partial charge on any atom is -0.486 e. The van der Waals surface area contributed by atoms with Gasteiger partial charge in [-0.3, -0.25) is 4.79 Å². The number of carbonyl (C=O) groups excluding carboxylic acids is 1. The third-order valence-corrected chi connectivity index (χ3v) is 5.09. The summed E-state index contributed by atoms with van der Waals surface area (Å²) in [5.41, 5.74) is 0.718. The molecule has 0 N–H and O–H groups in total. The van der Waals surface area contributed by atoms with Gasteiger partial charge in [-0.2, -0.15) is 0 Å². The van der Waals surface area contributed by atoms with Crippen molar-refractivity contribution in [3.8, 4) is 11.5 Å². The van der Waals surface area contributed by atoms with Crippen LogP contribution in [0.15, 0.2) is 16.6 Å². The minimum absolute atomic E-state index is 0.199. The molecule has 21 heavy (non-hydrogen) atoms. The van der Waals surface area contributed by atoms with E-state index in [4.69, 9.17) is 9.47 Å². The summed E-state index contributed by atoms with van der Waals surface area (Å²) in [5.74, 6) is 2.34. The van der Waals surface area contributed by atoms with E-state index in [2.05, 4.69) is 15.9 Å². The van der Waals surface area contributed by atoms with Crippen LogP contribution in [0, 0.1) is 5.92 Å². The van der Waals surface area contributed by atoms with Gasteiger partial charge in [0.1, 0.15) is 13.2 Å². The second-order valence-corrected chi connectivity index (χ2v) is 6.80. The molecule has 1 aromatic rings. The predicted molar refractivity (Wildman–Crippen MR) is 85.3 cm³/mol. The number of Topliss-reactive ketones (excluding diaryl/α,β-unsaturated/α-hetero) is 1. The number of hydrogen-bond donors (Lipinski definition) is 0. The molecule has 1 heterocycles. The lowest BCUT2D eigenvalue weighted by Crippen LogP contribution is -2.16. The monoisotopic (exact) mass is 352 g/mol. The Morgan fingerprint density at radius 2 is 1.76 bits per heavy atom. The number of carbonyl (C=O) groups is 1. The molecule has 0 amide bonds. The molecule has 0 bridgehead atoms. The molecule has 4 heteroatoms. The van der Waals surface area contributed by atoms with E-state index in [1.165, 1.54) is 32.1 Å². The molecular weight excluding hydrogens is 332 g/mol. The first kappa shape index (κ1) is 14.9. The maximum atomic E-state index is 12.5. The molecule has 0 unspecified atom stereocenters. The molecule has 0 saturated heterocycles. The van der Waals surface area contributed by atoms with Gasteiger partial charge in [-0.05, 0) is 40.4 Å². The van der Waals surface area contributed by atoms with Crippen LogP contribution in [0.5, 0.6) is 11.5 Å². The molecule has 1 fully saturated rings. The van der Waals surface area contributed by atoms with Gasteiger partial charge in [-0.15, -0.1) is 0 Å². The zero-order chi connectivity index (χ0) is 14.7. The molecule has 0 aromatic heterocycles. The molecule has 1 saturated carbocycles. The highest BCUT2D eigenvalue weighted by Gasteiger charge is 2.20. The average Bonchev–Trinajstić information content (AvgIpc) is 2.53. The van der Waals surface area contributed by atoms with Gasteiger partial charge in [0.15, 0.2) is 17.3 Å². The number of ketones is 1. The molecule has 3 rings (SSSR count). The van der Waals surface area contributed by atoms with Gasteiger partial charge in [0, 0.05) is 16.5 Å². The van der Waals surface area contributed by atoms with E-state index in [0.29, 0.717) is 25.4 Å². The van der Waals surface area contributed by atoms with Gasteiger partial charge in [0.2, 0.25) is 0 Å². The van der Waals surface area contributed by atoms with Crippen molar-refractivity contribution in [1.29, 1.82) is 0 Å². The summed E-state index contributed by atoms with van der Waals surface area (Å²) in [7, 11) is 0. The summed E-state index contributed by atoms with van der Waals surface area (Å²) in [6, 6.07) is 3.67. The highest BCUT2D eigenvalue weighted by atomic mass is 79.9. The summed E-state index contributed by atoms with van der Waals surface area (Å²) in [6.07, 6.45) is 8.23. The smallest absolute Gasteiger partial charge is 0.164 e. The summed E-state index contributed by atoms with van der Waals surface area (Å²) in [6.45, 7) is 1.11. The zero-order valence-corrected chi connectivity index (χ0v) is 13.8. The number of halogens is 1. The Labute approximate surface area is 134 Å². The molecule has 0 spiro atoms. The third kappa shape index (κ3) is 3.60. The molecule has 1 aliphatic carbocycles. The lowest BCUT2D eigenvalue weighted by atomic mass is 9.85. The first-order chi connectivity index (χ1) is 10.2. The van der Waals surface area contributed by atoms with E-state index < -0.39 is 0 Å². The first-order valence-electron chi connectivity index (χ1n) is 7.86. The van der Waals surface area contributed by atoms with Crippen molar-refractivity contribution in [2.75, 3.05) is 13.2 Å². The Morgan fingerprint density at radius 1 is 1.10 bits per heavy atom. The Hall–Kier alpha value is -1.03. The standard InChI is InChI=1S/C17H21BrO3/c18-14-11-17-16(20-8-9-21-17)10-13(14)15(19)7-6-12-4-2-1-3-5-12/h10-12H,1-9H2. The summed E-state index contributed by atoms with van der Waals surface area (Å²) in [4.78, 5) is 12.5. The van der Waals surface area contributed by atoms with Gasteiger partial charge in [-0.25, -0.2) is 0 Å². The molecule has 1 aromatic carbocycles. The van der Waals surface area contributed by atoms with Crippen LogP contribution in [-0.2, 0) is 0 Å². The van der Waals surface area contributed by atoms with Crippen molar-refractivity contribution in [1.82, 2.24) is 0 Å². The molecule has 0 atom stereocenters. The van der Waals surface area contributed by atoms with Crippen LogP contribution >= 0.6 is 15.9 Å². The number of fused-ring (bicyclic) bond motifs is 1. The third-order valence-electron chi connectivity index (χ3n) is 4.44. The highest BCUT2D eigenvalue weighted by Crippen LogP contribution is 2.36. The average molecular weight is 353 g/mol. The number of ether oxygens (including phenoxy) is 2. The van der Waals surface area contributed by atoms with Crippen molar-refractivity contribution in [3.63, 3.8) is 0 Å². The van der Waals surface area contributed by atoms with Crippen molar-refractivity contribution in [3.05, 3.63) is 22.2 Å². The van der Waals surface area contributed by atoms with Crippen LogP contribution in [-0.4, -0.2) is 19.0 Å². The summed E-state index contributed by atoms with van der Waals surface area (Å²) in [5, 5.41) is 0. The zero-order valence-electron chi connectivity index (χ0n) is 12.2. The minimum atomic E-state index is 0.199. The van der Waals surface area contributed by atoms with Crippen molar-refractivity contribution < 1.29 is 14.3 Å². The van der Waals surface area contributed by atoms with Crippen molar-refractivity contribution in [2.45, 2.75) is 44.9 Å². The van der Waals surface area contributed by atoms with Crippen LogP contribution in [0.1, 0.15) is 55.3 Å². The Bertz CT molecular complexity index is 521. The summed E-state index contributed by atoms with van der Waals surface area (Å²) >= 11 is 3.49. The Balaban J connectivity index is 1.66. The van der Waals surface area contributed by atoms with Gasteiger partial charge >= 0.3 is 0 Å². The van der Waals surface area contributed by atoms with Gasteiger partial charge in [-0.1, -0.05) is 32.1 Å². The number of hydrogen-bond acceptors (Lipinski definition) is 3. The van der Waals surface area contributed by atoms with Gasteiger partial charge in [0.05, 0.1) is 0 Å². The largest absolute Gasteiger partial charge is 0.486 e. The van der Waals surface area contributed by atoms with Gasteiger partial charge < -0.3 is 9.47 Å². The molecule has 1 aliphatic heterocycles. The fourth-order valence-corrected chi connectivity index (χ4v) is 3.77. The maximum Gasteiger partial charge on any atom is 0.164 e. The number of benzene rings is 1. The molecular formula is C17H21BrO3. The van der Waals surface area contributed by atoms with Crippen LogP contribution < -0.4 is 9.47 Å². The predicted octanol–water partition coefficient (Wildman–Crippen LogP) is 4.76. The topological polar surface area (TPSA) is 35.5 Å². The molecule has 2 aliphatic rings. The van der Waals surface area contributed by atoms with E-state index in [0.717, 1.165) is 28.1 Å². The van der Waals surface area contributed by atoms with Crippen LogP contribution in [0.25, 0.3) is 0 Å². The van der Waals surface area contributed by atoms with Gasteiger partial charge in [0.25, 0.3) is 0 Å². The molecule has 0 radical (unpaired) electrons. The highest BCUT2D eigenvalue weighted by molar-refractivity contribution is 9.10. The quantitative estimate of drug-likeness (QED) is 0.732. The van der Waals surface area contributed by atoms with E-state index in [1.807, 2.05) is 12.1 Å². The second kappa shape index (κ2) is 6.82. The Morgan fingerprint density at radius 3 is 2.48 bits per heavy atom. The fourth-order valence-electron chi connectivity index (χ4n) is 3.22. The normalized spacial score (nSPS) is 18.5. The van der Waals surface area contributed by atoms with Crippen molar-refractivity contribution in [2.24, 2.45) is 5.92 Å². The SMILES string of the molecule is O=C(CCC1CCCCC1)c1cc2c(cc1Br)OCCO2.